The van der Waals surface area contributed by atoms with Gasteiger partial charge in [-0.05, 0) is 25.7 Å². The first-order chi connectivity index (χ1) is 10.8. The molecule has 2 heterocycles. The van der Waals surface area contributed by atoms with Crippen molar-refractivity contribution in [3.63, 3.8) is 0 Å². The summed E-state index contributed by atoms with van der Waals surface area (Å²) in [7, 11) is 0. The Morgan fingerprint density at radius 3 is 2.91 bits per heavy atom. The lowest BCUT2D eigenvalue weighted by Crippen LogP contribution is -2.39. The molecule has 2 fully saturated rings. The number of nitrogens with zero attached hydrogens (tertiary/aromatic N) is 4. The van der Waals surface area contributed by atoms with E-state index in [1.807, 2.05) is 11.6 Å². The van der Waals surface area contributed by atoms with Crippen molar-refractivity contribution in [1.82, 2.24) is 25.0 Å². The van der Waals surface area contributed by atoms with Gasteiger partial charge >= 0.3 is 0 Å². The second-order valence-corrected chi connectivity index (χ2v) is 6.02. The lowest BCUT2D eigenvalue weighted by atomic mass is 10.1. The maximum atomic E-state index is 12.3. The Kier molecular flexibility index (Phi) is 5.04. The topological polar surface area (TPSA) is 72.3 Å². The number of aryl methyl sites for hydroxylation is 1. The van der Waals surface area contributed by atoms with Gasteiger partial charge in [0, 0.05) is 32.6 Å². The normalized spacial score (nSPS) is 20.8. The first-order valence-corrected chi connectivity index (χ1v) is 8.25. The summed E-state index contributed by atoms with van der Waals surface area (Å²) in [6, 6.07) is 0.0136. The van der Waals surface area contributed by atoms with Crippen LogP contribution in [0.5, 0.6) is 0 Å². The van der Waals surface area contributed by atoms with Gasteiger partial charge in [-0.1, -0.05) is 0 Å². The predicted molar refractivity (Wildman–Crippen MR) is 81.2 cm³/mol. The van der Waals surface area contributed by atoms with Crippen LogP contribution in [0.4, 0.5) is 0 Å². The molecule has 1 aliphatic carbocycles. The van der Waals surface area contributed by atoms with E-state index in [1.165, 1.54) is 0 Å². The molecule has 1 atom stereocenters. The van der Waals surface area contributed by atoms with Gasteiger partial charge in [0.1, 0.15) is 12.2 Å². The highest BCUT2D eigenvalue weighted by atomic mass is 16.5. The van der Waals surface area contributed by atoms with Crippen LogP contribution in [0.1, 0.15) is 38.1 Å². The van der Waals surface area contributed by atoms with Gasteiger partial charge in [0.05, 0.1) is 19.3 Å². The molecular formula is C15H25N5O2. The highest BCUT2D eigenvalue weighted by molar-refractivity contribution is 5.76. The summed E-state index contributed by atoms with van der Waals surface area (Å²) in [6.45, 7) is 7.00. The SMILES string of the molecule is CCn1ncnc1[C@H](NC(=O)CCN1CCOCC1)C1CC1. The average molecular weight is 307 g/mol. The van der Waals surface area contributed by atoms with E-state index in [0.29, 0.717) is 12.3 Å². The summed E-state index contributed by atoms with van der Waals surface area (Å²) in [5.74, 6) is 1.51. The lowest BCUT2D eigenvalue weighted by molar-refractivity contribution is -0.122. The first kappa shape index (κ1) is 15.4. The summed E-state index contributed by atoms with van der Waals surface area (Å²) in [5, 5.41) is 7.40. The molecule has 7 nitrogen and oxygen atoms in total. The van der Waals surface area contributed by atoms with E-state index >= 15 is 0 Å². The van der Waals surface area contributed by atoms with Crippen molar-refractivity contribution in [2.75, 3.05) is 32.8 Å². The van der Waals surface area contributed by atoms with Crippen molar-refractivity contribution in [2.45, 2.75) is 38.8 Å². The van der Waals surface area contributed by atoms with Crippen molar-refractivity contribution in [3.05, 3.63) is 12.2 Å². The first-order valence-electron chi connectivity index (χ1n) is 8.25. The standard InChI is InChI=1S/C15H25N5O2/c1-2-20-15(16-11-17-20)14(12-3-4-12)18-13(21)5-6-19-7-9-22-10-8-19/h11-12,14H,2-10H2,1H3,(H,18,21)/t14-/m1/s1. The molecule has 1 saturated carbocycles. The molecule has 0 radical (unpaired) electrons. The zero-order valence-electron chi connectivity index (χ0n) is 13.2. The van der Waals surface area contributed by atoms with Gasteiger partial charge in [0.2, 0.25) is 5.91 Å². The molecule has 1 N–H and O–H groups in total. The van der Waals surface area contributed by atoms with Crippen molar-refractivity contribution in [2.24, 2.45) is 5.92 Å². The number of rotatable bonds is 7. The monoisotopic (exact) mass is 307 g/mol. The molecule has 22 heavy (non-hydrogen) atoms. The van der Waals surface area contributed by atoms with E-state index in [0.717, 1.165) is 58.1 Å². The summed E-state index contributed by atoms with van der Waals surface area (Å²) >= 11 is 0. The number of amides is 1. The Hall–Kier alpha value is -1.47. The van der Waals surface area contributed by atoms with E-state index in [9.17, 15) is 4.79 Å². The average Bonchev–Trinajstić information content (AvgIpc) is 3.28. The second kappa shape index (κ2) is 7.19. The van der Waals surface area contributed by atoms with Gasteiger partial charge in [-0.3, -0.25) is 9.69 Å². The van der Waals surface area contributed by atoms with Gasteiger partial charge in [-0.25, -0.2) is 9.67 Å². The quantitative estimate of drug-likeness (QED) is 0.798. The van der Waals surface area contributed by atoms with Crippen LogP contribution in [-0.2, 0) is 16.1 Å². The molecule has 0 unspecified atom stereocenters. The number of hydrogen-bond acceptors (Lipinski definition) is 5. The molecule has 3 rings (SSSR count). The molecule has 0 spiro atoms. The van der Waals surface area contributed by atoms with Crippen LogP contribution in [-0.4, -0.2) is 58.4 Å². The predicted octanol–water partition coefficient (Wildman–Crippen LogP) is 0.588. The van der Waals surface area contributed by atoms with Gasteiger partial charge in [0.25, 0.3) is 0 Å². The largest absolute Gasteiger partial charge is 0.379 e. The number of hydrogen-bond donors (Lipinski definition) is 1. The van der Waals surface area contributed by atoms with Gasteiger partial charge in [0.15, 0.2) is 0 Å². The van der Waals surface area contributed by atoms with E-state index in [2.05, 4.69) is 20.3 Å². The fourth-order valence-corrected chi connectivity index (χ4v) is 2.91. The minimum Gasteiger partial charge on any atom is -0.379 e. The maximum Gasteiger partial charge on any atom is 0.221 e. The number of morpholine rings is 1. The van der Waals surface area contributed by atoms with Crippen LogP contribution >= 0.6 is 0 Å². The third kappa shape index (κ3) is 3.84. The number of ether oxygens (including phenoxy) is 1. The third-order valence-corrected chi connectivity index (χ3v) is 4.39. The zero-order valence-corrected chi connectivity index (χ0v) is 13.2. The molecule has 122 valence electrons. The maximum absolute atomic E-state index is 12.3. The van der Waals surface area contributed by atoms with Gasteiger partial charge < -0.3 is 10.1 Å². The summed E-state index contributed by atoms with van der Waals surface area (Å²) in [6.07, 6.45) is 4.42. The summed E-state index contributed by atoms with van der Waals surface area (Å²) in [5.41, 5.74) is 0. The van der Waals surface area contributed by atoms with Crippen molar-refractivity contribution >= 4 is 5.91 Å². The zero-order chi connectivity index (χ0) is 15.4. The van der Waals surface area contributed by atoms with Gasteiger partial charge in [-0.15, -0.1) is 0 Å². The third-order valence-electron chi connectivity index (χ3n) is 4.39. The van der Waals surface area contributed by atoms with E-state index in [4.69, 9.17) is 4.74 Å². The molecule has 1 aromatic heterocycles. The fraction of sp³-hybridized carbons (Fsp3) is 0.800. The van der Waals surface area contributed by atoms with E-state index in [-0.39, 0.29) is 11.9 Å². The van der Waals surface area contributed by atoms with E-state index in [1.54, 1.807) is 6.33 Å². The molecule has 0 bridgehead atoms. The molecule has 1 saturated heterocycles. The van der Waals surface area contributed by atoms with Crippen molar-refractivity contribution in [1.29, 1.82) is 0 Å². The van der Waals surface area contributed by atoms with Crippen LogP contribution in [0, 0.1) is 5.92 Å². The highest BCUT2D eigenvalue weighted by Gasteiger charge is 2.36. The summed E-state index contributed by atoms with van der Waals surface area (Å²) < 4.78 is 7.21. The smallest absolute Gasteiger partial charge is 0.221 e. The highest BCUT2D eigenvalue weighted by Crippen LogP contribution is 2.40. The van der Waals surface area contributed by atoms with Crippen LogP contribution < -0.4 is 5.32 Å². The molecule has 2 aliphatic rings. The second-order valence-electron chi connectivity index (χ2n) is 6.02. The van der Waals surface area contributed by atoms with Crippen molar-refractivity contribution in [3.8, 4) is 0 Å². The lowest BCUT2D eigenvalue weighted by Gasteiger charge is -2.26. The Morgan fingerprint density at radius 1 is 1.45 bits per heavy atom. The molecule has 1 aliphatic heterocycles. The molecular weight excluding hydrogens is 282 g/mol. The Labute approximate surface area is 131 Å². The Balaban J connectivity index is 1.53. The summed E-state index contributed by atoms with van der Waals surface area (Å²) in [4.78, 5) is 18.9. The molecule has 1 aromatic rings. The van der Waals surface area contributed by atoms with Crippen LogP contribution in [0.3, 0.4) is 0 Å². The number of aromatic nitrogens is 3. The minimum atomic E-state index is 0.0136. The van der Waals surface area contributed by atoms with Crippen LogP contribution in [0.25, 0.3) is 0 Å². The Morgan fingerprint density at radius 2 is 2.23 bits per heavy atom. The Bertz CT molecular complexity index is 494. The molecule has 0 aromatic carbocycles. The van der Waals surface area contributed by atoms with E-state index < -0.39 is 0 Å². The van der Waals surface area contributed by atoms with Crippen LogP contribution in [0.2, 0.25) is 0 Å². The minimum absolute atomic E-state index is 0.0136. The molecule has 1 amide bonds. The van der Waals surface area contributed by atoms with Gasteiger partial charge in [-0.2, -0.15) is 5.10 Å². The number of carbonyl (C=O) groups excluding carboxylic acids is 1. The number of carbonyl (C=O) groups is 1. The fourth-order valence-electron chi connectivity index (χ4n) is 2.91. The number of nitrogens with one attached hydrogen (secondary N) is 1. The van der Waals surface area contributed by atoms with Crippen molar-refractivity contribution < 1.29 is 9.53 Å². The molecule has 7 heteroatoms. The van der Waals surface area contributed by atoms with Crippen LogP contribution in [0.15, 0.2) is 6.33 Å².